The van der Waals surface area contributed by atoms with Crippen molar-refractivity contribution in [3.63, 3.8) is 0 Å². The smallest absolute Gasteiger partial charge is 0.347 e. The van der Waals surface area contributed by atoms with Crippen molar-refractivity contribution in [2.75, 3.05) is 6.54 Å². The highest BCUT2D eigenvalue weighted by molar-refractivity contribution is 6.32. The van der Waals surface area contributed by atoms with Crippen LogP contribution in [-0.2, 0) is 39.8 Å². The number of aromatic hydroxyl groups is 1. The number of phenols is 1. The molecule has 2 aromatic carbocycles. The molecular weight excluding hydrogens is 588 g/mol. The second kappa shape index (κ2) is 15.2. The lowest BCUT2D eigenvalue weighted by Gasteiger charge is -2.26. The summed E-state index contributed by atoms with van der Waals surface area (Å²) in [4.78, 5) is 52.1. The van der Waals surface area contributed by atoms with E-state index in [1.165, 1.54) is 18.2 Å². The summed E-state index contributed by atoms with van der Waals surface area (Å²) in [5, 5.41) is 15.2. The highest BCUT2D eigenvalue weighted by atomic mass is 35.5. The van der Waals surface area contributed by atoms with E-state index in [-0.39, 0.29) is 67.0 Å². The summed E-state index contributed by atoms with van der Waals surface area (Å²) >= 11 is 6.04. The Balaban J connectivity index is 1.55. The lowest BCUT2D eigenvalue weighted by Crippen LogP contribution is -2.48. The Hall–Kier alpha value is -3.89. The van der Waals surface area contributed by atoms with Crippen molar-refractivity contribution in [3.05, 3.63) is 76.8 Å². The molecule has 10 nitrogen and oxygen atoms in total. The zero-order chi connectivity index (χ0) is 31.8. The Labute approximate surface area is 262 Å². The average Bonchev–Trinajstić information content (AvgIpc) is 3.78. The van der Waals surface area contributed by atoms with Gasteiger partial charge in [0.2, 0.25) is 11.8 Å². The molecule has 2 aliphatic heterocycles. The van der Waals surface area contributed by atoms with Gasteiger partial charge in [-0.15, -0.1) is 0 Å². The van der Waals surface area contributed by atoms with Crippen LogP contribution in [0.25, 0.3) is 0 Å². The maximum Gasteiger partial charge on any atom is 0.347 e. The number of ether oxygens (including phenoxy) is 3. The van der Waals surface area contributed by atoms with Crippen LogP contribution in [0.5, 0.6) is 5.75 Å². The average molecular weight is 627 g/mol. The summed E-state index contributed by atoms with van der Waals surface area (Å²) in [6.07, 6.45) is 1.10. The third-order valence-electron chi connectivity index (χ3n) is 7.60. The van der Waals surface area contributed by atoms with E-state index in [9.17, 15) is 24.3 Å². The Morgan fingerprint density at radius 2 is 1.77 bits per heavy atom. The van der Waals surface area contributed by atoms with Gasteiger partial charge in [-0.25, -0.2) is 4.79 Å². The van der Waals surface area contributed by atoms with E-state index >= 15 is 0 Å². The molecule has 11 heteroatoms. The molecule has 0 saturated carbocycles. The molecule has 0 spiro atoms. The van der Waals surface area contributed by atoms with E-state index in [2.05, 4.69) is 10.6 Å². The van der Waals surface area contributed by atoms with Gasteiger partial charge in [-0.1, -0.05) is 74.8 Å². The third-order valence-corrected chi connectivity index (χ3v) is 7.90. The number of esters is 2. The Morgan fingerprint density at radius 3 is 2.48 bits per heavy atom. The fourth-order valence-electron chi connectivity index (χ4n) is 5.14. The Bertz CT molecular complexity index is 1360. The summed E-state index contributed by atoms with van der Waals surface area (Å²) in [7, 11) is 0. The quantitative estimate of drug-likeness (QED) is 0.307. The van der Waals surface area contributed by atoms with Crippen molar-refractivity contribution >= 4 is 35.4 Å². The fraction of sp³-hybridized carbons (Fsp3) is 0.455. The first-order valence-electron chi connectivity index (χ1n) is 14.8. The predicted molar refractivity (Wildman–Crippen MR) is 163 cm³/mol. The first-order chi connectivity index (χ1) is 21.0. The number of rotatable bonds is 7. The summed E-state index contributed by atoms with van der Waals surface area (Å²) in [6.45, 7) is 5.67. The number of carbonyl (C=O) groups is 4. The van der Waals surface area contributed by atoms with Gasteiger partial charge in [-0.3, -0.25) is 14.4 Å². The second-order valence-corrected chi connectivity index (χ2v) is 12.0. The lowest BCUT2D eigenvalue weighted by molar-refractivity contribution is -0.174. The SMILES string of the molecule is CC(C)C[C@@H]1OC(=O)CCNC(=O)C(Cc2ccc(O)c(Cl)c2)NC(=O)/C=C/C[C@@H]([C@H](C)[C@H]2O[C@@H]2c2ccccc2)OC1=O. The van der Waals surface area contributed by atoms with Crippen molar-refractivity contribution in [1.29, 1.82) is 0 Å². The number of cyclic esters (lactones) is 2. The number of carbonyl (C=O) groups excluding carboxylic acids is 4. The van der Waals surface area contributed by atoms with E-state index < -0.39 is 42.0 Å². The minimum atomic E-state index is -1.12. The number of halogens is 1. The Morgan fingerprint density at radius 1 is 1.02 bits per heavy atom. The molecule has 1 unspecified atom stereocenters. The zero-order valence-electron chi connectivity index (χ0n) is 25.0. The number of phenolic OH excluding ortho intramolecular Hbond substituents is 1. The van der Waals surface area contributed by atoms with E-state index in [1.807, 2.05) is 51.1 Å². The van der Waals surface area contributed by atoms with Crippen LogP contribution >= 0.6 is 11.6 Å². The van der Waals surface area contributed by atoms with Crippen molar-refractivity contribution in [1.82, 2.24) is 10.6 Å². The van der Waals surface area contributed by atoms with Gasteiger partial charge in [0.15, 0.2) is 6.10 Å². The molecule has 4 rings (SSSR count). The third kappa shape index (κ3) is 9.30. The molecule has 0 bridgehead atoms. The van der Waals surface area contributed by atoms with Gasteiger partial charge in [0.1, 0.15) is 24.0 Å². The maximum absolute atomic E-state index is 13.3. The van der Waals surface area contributed by atoms with Crippen LogP contribution in [0.2, 0.25) is 5.02 Å². The number of nitrogens with one attached hydrogen (secondary N) is 2. The summed E-state index contributed by atoms with van der Waals surface area (Å²) in [5.41, 5.74) is 1.63. The van der Waals surface area contributed by atoms with Crippen LogP contribution < -0.4 is 10.6 Å². The molecule has 1 saturated heterocycles. The molecule has 236 valence electrons. The predicted octanol–water partition coefficient (Wildman–Crippen LogP) is 4.19. The van der Waals surface area contributed by atoms with E-state index in [4.69, 9.17) is 25.8 Å². The number of amides is 2. The first-order valence-corrected chi connectivity index (χ1v) is 15.2. The van der Waals surface area contributed by atoms with Gasteiger partial charge in [0, 0.05) is 25.3 Å². The molecule has 2 aromatic rings. The lowest BCUT2D eigenvalue weighted by atomic mass is 9.93. The van der Waals surface area contributed by atoms with E-state index in [0.717, 1.165) is 5.56 Å². The van der Waals surface area contributed by atoms with Crippen molar-refractivity contribution < 1.29 is 38.5 Å². The zero-order valence-corrected chi connectivity index (χ0v) is 25.8. The fourth-order valence-corrected chi connectivity index (χ4v) is 5.34. The molecule has 0 aromatic heterocycles. The van der Waals surface area contributed by atoms with Gasteiger partial charge >= 0.3 is 11.9 Å². The van der Waals surface area contributed by atoms with Crippen LogP contribution in [0.3, 0.4) is 0 Å². The molecule has 44 heavy (non-hydrogen) atoms. The van der Waals surface area contributed by atoms with Crippen LogP contribution in [0.15, 0.2) is 60.7 Å². The van der Waals surface area contributed by atoms with Gasteiger partial charge < -0.3 is 30.0 Å². The monoisotopic (exact) mass is 626 g/mol. The number of epoxide rings is 1. The molecule has 3 N–H and O–H groups in total. The van der Waals surface area contributed by atoms with Gasteiger partial charge in [0.25, 0.3) is 0 Å². The topological polar surface area (TPSA) is 144 Å². The molecule has 1 fully saturated rings. The number of benzene rings is 2. The first kappa shape index (κ1) is 33.0. The van der Waals surface area contributed by atoms with Crippen molar-refractivity contribution in [3.8, 4) is 5.75 Å². The van der Waals surface area contributed by atoms with Crippen LogP contribution in [0.1, 0.15) is 57.3 Å². The molecule has 2 aliphatic rings. The summed E-state index contributed by atoms with van der Waals surface area (Å²) in [6, 6.07) is 13.3. The van der Waals surface area contributed by atoms with E-state index in [0.29, 0.717) is 5.56 Å². The molecule has 2 heterocycles. The van der Waals surface area contributed by atoms with Crippen LogP contribution in [0, 0.1) is 11.8 Å². The van der Waals surface area contributed by atoms with Crippen LogP contribution in [0.4, 0.5) is 0 Å². The van der Waals surface area contributed by atoms with Crippen LogP contribution in [-0.4, -0.2) is 59.8 Å². The number of hydrogen-bond acceptors (Lipinski definition) is 8. The molecular formula is C33H39ClN2O8. The van der Waals surface area contributed by atoms with Gasteiger partial charge in [0.05, 0.1) is 17.5 Å². The largest absolute Gasteiger partial charge is 0.506 e. The molecule has 0 radical (unpaired) electrons. The maximum atomic E-state index is 13.3. The highest BCUT2D eigenvalue weighted by Crippen LogP contribution is 2.45. The normalized spacial score (nSPS) is 26.6. The van der Waals surface area contributed by atoms with Gasteiger partial charge in [-0.05, 0) is 41.7 Å². The minimum Gasteiger partial charge on any atom is -0.506 e. The molecule has 0 aliphatic carbocycles. The second-order valence-electron chi connectivity index (χ2n) is 11.6. The molecule has 2 amide bonds. The van der Waals surface area contributed by atoms with E-state index in [1.54, 1.807) is 12.1 Å². The highest BCUT2D eigenvalue weighted by Gasteiger charge is 2.47. The van der Waals surface area contributed by atoms with Crippen molar-refractivity contribution in [2.45, 2.75) is 76.9 Å². The standard InChI is InChI=1S/C33H39ClN2O8/c1-19(2)16-27-33(41)43-26(20(3)30-31(44-30)22-8-5-4-6-9-22)10-7-11-28(38)36-24(32(40)35-15-14-29(39)42-27)18-21-12-13-25(37)23(34)17-21/h4-9,11-13,17,19-20,24,26-27,30-31,37H,10,14-16,18H2,1-3H3,(H,35,40)(H,36,38)/b11-7+/t20-,24?,26-,27-,30+,31+/m0/s1. The Kier molecular flexibility index (Phi) is 11.4. The number of hydrogen-bond donors (Lipinski definition) is 3. The van der Waals surface area contributed by atoms with Gasteiger partial charge in [-0.2, -0.15) is 0 Å². The van der Waals surface area contributed by atoms with Crippen molar-refractivity contribution in [2.24, 2.45) is 11.8 Å². The summed E-state index contributed by atoms with van der Waals surface area (Å²) < 4.78 is 17.5. The minimum absolute atomic E-state index is 0.0356. The molecule has 6 atom stereocenters. The summed E-state index contributed by atoms with van der Waals surface area (Å²) in [5.74, 6) is -2.68.